The van der Waals surface area contributed by atoms with Gasteiger partial charge in [-0.1, -0.05) is 42.5 Å². The number of amides is 1. The minimum absolute atomic E-state index is 0.0771. The van der Waals surface area contributed by atoms with Crippen molar-refractivity contribution >= 4 is 17.2 Å². The molecule has 0 aliphatic rings. The lowest BCUT2D eigenvalue weighted by atomic mass is 10.1. The summed E-state index contributed by atoms with van der Waals surface area (Å²) in [7, 11) is 1.72. The molecule has 0 atom stereocenters. The first-order chi connectivity index (χ1) is 12.5. The fourth-order valence-electron chi connectivity index (χ4n) is 2.62. The molecule has 1 amide bonds. The van der Waals surface area contributed by atoms with Gasteiger partial charge in [0, 0.05) is 19.2 Å². The molecule has 0 spiro atoms. The van der Waals surface area contributed by atoms with E-state index < -0.39 is 6.61 Å². The summed E-state index contributed by atoms with van der Waals surface area (Å²) >= 11 is 1.41. The second-order valence-corrected chi connectivity index (χ2v) is 6.63. The lowest BCUT2D eigenvalue weighted by Crippen LogP contribution is -2.25. The third kappa shape index (κ3) is 4.26. The molecule has 2 aromatic carbocycles. The Morgan fingerprint density at radius 2 is 1.77 bits per heavy atom. The Kier molecular flexibility index (Phi) is 5.63. The van der Waals surface area contributed by atoms with Crippen molar-refractivity contribution in [3.05, 3.63) is 76.5 Å². The second kappa shape index (κ2) is 8.10. The molecule has 6 heteroatoms. The molecule has 3 nitrogen and oxygen atoms in total. The van der Waals surface area contributed by atoms with Gasteiger partial charge in [0.1, 0.15) is 5.75 Å². The summed E-state index contributed by atoms with van der Waals surface area (Å²) in [6.45, 7) is -2.47. The molecule has 134 valence electrons. The van der Waals surface area contributed by atoms with E-state index in [9.17, 15) is 13.6 Å². The first-order valence-corrected chi connectivity index (χ1v) is 8.84. The summed E-state index contributed by atoms with van der Waals surface area (Å²) in [5.41, 5.74) is 2.74. The monoisotopic (exact) mass is 373 g/mol. The van der Waals surface area contributed by atoms with Crippen LogP contribution in [0.2, 0.25) is 0 Å². The first-order valence-electron chi connectivity index (χ1n) is 7.96. The standard InChI is InChI=1S/C20H17F2NO2S/c1-23(13-14-7-9-16(10-8-14)25-20(21)22)19(24)18-17(11-12-26-18)15-5-3-2-4-6-15/h2-12,20H,13H2,1H3. The van der Waals surface area contributed by atoms with Gasteiger partial charge in [-0.3, -0.25) is 4.79 Å². The fourth-order valence-corrected chi connectivity index (χ4v) is 3.52. The molecule has 0 bridgehead atoms. The van der Waals surface area contributed by atoms with Crippen LogP contribution >= 0.6 is 11.3 Å². The number of carbonyl (C=O) groups excluding carboxylic acids is 1. The van der Waals surface area contributed by atoms with Crippen molar-refractivity contribution in [3.8, 4) is 16.9 Å². The zero-order valence-corrected chi connectivity index (χ0v) is 14.9. The topological polar surface area (TPSA) is 29.5 Å². The maximum atomic E-state index is 12.8. The summed E-state index contributed by atoms with van der Waals surface area (Å²) in [4.78, 5) is 15.1. The van der Waals surface area contributed by atoms with Gasteiger partial charge in [-0.05, 0) is 34.7 Å². The van der Waals surface area contributed by atoms with Crippen LogP contribution in [0.4, 0.5) is 8.78 Å². The largest absolute Gasteiger partial charge is 0.435 e. The maximum absolute atomic E-state index is 12.8. The number of ether oxygens (including phenoxy) is 1. The Morgan fingerprint density at radius 3 is 2.42 bits per heavy atom. The Morgan fingerprint density at radius 1 is 1.08 bits per heavy atom. The van der Waals surface area contributed by atoms with E-state index in [-0.39, 0.29) is 11.7 Å². The molecule has 26 heavy (non-hydrogen) atoms. The Bertz CT molecular complexity index is 863. The number of halogens is 2. The summed E-state index contributed by atoms with van der Waals surface area (Å²) in [6, 6.07) is 18.0. The molecular weight excluding hydrogens is 356 g/mol. The van der Waals surface area contributed by atoms with Crippen LogP contribution in [0.15, 0.2) is 66.0 Å². The van der Waals surface area contributed by atoms with Crippen molar-refractivity contribution < 1.29 is 18.3 Å². The highest BCUT2D eigenvalue weighted by atomic mass is 32.1. The van der Waals surface area contributed by atoms with Crippen LogP contribution in [-0.4, -0.2) is 24.5 Å². The molecule has 0 unspecified atom stereocenters. The van der Waals surface area contributed by atoms with E-state index in [2.05, 4.69) is 4.74 Å². The van der Waals surface area contributed by atoms with Crippen molar-refractivity contribution in [2.75, 3.05) is 7.05 Å². The van der Waals surface area contributed by atoms with E-state index in [0.29, 0.717) is 11.4 Å². The average molecular weight is 373 g/mol. The number of hydrogen-bond donors (Lipinski definition) is 0. The molecule has 1 heterocycles. The number of hydrogen-bond acceptors (Lipinski definition) is 3. The highest BCUT2D eigenvalue weighted by molar-refractivity contribution is 7.12. The van der Waals surface area contributed by atoms with E-state index in [0.717, 1.165) is 16.7 Å². The van der Waals surface area contributed by atoms with Crippen LogP contribution in [0.5, 0.6) is 5.75 Å². The number of thiophene rings is 1. The minimum Gasteiger partial charge on any atom is -0.435 e. The lowest BCUT2D eigenvalue weighted by molar-refractivity contribution is -0.0498. The molecule has 0 aliphatic heterocycles. The van der Waals surface area contributed by atoms with Gasteiger partial charge in [-0.2, -0.15) is 8.78 Å². The highest BCUT2D eigenvalue weighted by Gasteiger charge is 2.18. The van der Waals surface area contributed by atoms with Crippen molar-refractivity contribution in [3.63, 3.8) is 0 Å². The Hall–Kier alpha value is -2.73. The van der Waals surface area contributed by atoms with Gasteiger partial charge in [0.2, 0.25) is 0 Å². The number of nitrogens with zero attached hydrogens (tertiary/aromatic N) is 1. The van der Waals surface area contributed by atoms with Gasteiger partial charge in [-0.15, -0.1) is 11.3 Å². The second-order valence-electron chi connectivity index (χ2n) is 5.71. The number of carbonyl (C=O) groups is 1. The molecular formula is C20H17F2NO2S. The summed E-state index contributed by atoms with van der Waals surface area (Å²) in [5, 5.41) is 1.90. The maximum Gasteiger partial charge on any atom is 0.387 e. The third-order valence-corrected chi connectivity index (χ3v) is 4.76. The van der Waals surface area contributed by atoms with E-state index in [1.807, 2.05) is 41.8 Å². The summed E-state index contributed by atoms with van der Waals surface area (Å²) in [5.74, 6) is 0.0223. The Labute approximate surface area is 154 Å². The van der Waals surface area contributed by atoms with Crippen LogP contribution in [-0.2, 0) is 6.54 Å². The van der Waals surface area contributed by atoms with Gasteiger partial charge < -0.3 is 9.64 Å². The highest BCUT2D eigenvalue weighted by Crippen LogP contribution is 2.29. The fraction of sp³-hybridized carbons (Fsp3) is 0.150. The van der Waals surface area contributed by atoms with Crippen LogP contribution in [0.1, 0.15) is 15.2 Å². The molecule has 0 saturated heterocycles. The van der Waals surface area contributed by atoms with Gasteiger partial charge >= 0.3 is 6.61 Å². The number of benzene rings is 2. The lowest BCUT2D eigenvalue weighted by Gasteiger charge is -2.18. The number of alkyl halides is 2. The van der Waals surface area contributed by atoms with E-state index in [4.69, 9.17) is 0 Å². The average Bonchev–Trinajstić information content (AvgIpc) is 3.12. The van der Waals surface area contributed by atoms with Gasteiger partial charge in [0.25, 0.3) is 5.91 Å². The molecule has 0 fully saturated rings. The molecule has 3 rings (SSSR count). The van der Waals surface area contributed by atoms with E-state index in [1.165, 1.54) is 23.5 Å². The molecule has 0 N–H and O–H groups in total. The van der Waals surface area contributed by atoms with E-state index in [1.54, 1.807) is 24.1 Å². The van der Waals surface area contributed by atoms with Gasteiger partial charge in [0.15, 0.2) is 0 Å². The summed E-state index contributed by atoms with van der Waals surface area (Å²) < 4.78 is 28.7. The predicted octanol–water partition coefficient (Wildman–Crippen LogP) is 5.29. The van der Waals surface area contributed by atoms with Crippen molar-refractivity contribution in [1.29, 1.82) is 0 Å². The van der Waals surface area contributed by atoms with E-state index >= 15 is 0 Å². The molecule has 0 saturated carbocycles. The zero-order valence-electron chi connectivity index (χ0n) is 14.1. The van der Waals surface area contributed by atoms with Crippen LogP contribution in [0.25, 0.3) is 11.1 Å². The number of rotatable bonds is 6. The normalized spacial score (nSPS) is 10.8. The van der Waals surface area contributed by atoms with Crippen molar-refractivity contribution in [1.82, 2.24) is 4.90 Å². The van der Waals surface area contributed by atoms with Crippen LogP contribution in [0, 0.1) is 0 Å². The van der Waals surface area contributed by atoms with Crippen LogP contribution < -0.4 is 4.74 Å². The van der Waals surface area contributed by atoms with Crippen molar-refractivity contribution in [2.24, 2.45) is 0 Å². The van der Waals surface area contributed by atoms with Crippen molar-refractivity contribution in [2.45, 2.75) is 13.2 Å². The predicted molar refractivity (Wildman–Crippen MR) is 98.6 cm³/mol. The summed E-state index contributed by atoms with van der Waals surface area (Å²) in [6.07, 6.45) is 0. The first kappa shape index (κ1) is 18.1. The van der Waals surface area contributed by atoms with Gasteiger partial charge in [-0.25, -0.2) is 0 Å². The zero-order chi connectivity index (χ0) is 18.5. The molecule has 3 aromatic rings. The molecule has 0 radical (unpaired) electrons. The third-order valence-electron chi connectivity index (χ3n) is 3.86. The minimum atomic E-state index is -2.85. The Balaban J connectivity index is 1.72. The smallest absolute Gasteiger partial charge is 0.387 e. The molecule has 0 aliphatic carbocycles. The SMILES string of the molecule is CN(Cc1ccc(OC(F)F)cc1)C(=O)c1sccc1-c1ccccc1. The quantitative estimate of drug-likeness (QED) is 0.588. The van der Waals surface area contributed by atoms with Gasteiger partial charge in [0.05, 0.1) is 4.88 Å². The van der Waals surface area contributed by atoms with Crippen LogP contribution in [0.3, 0.4) is 0 Å². The molecule has 1 aromatic heterocycles.